The number of H-pyrrole nitrogens is 2. The van der Waals surface area contributed by atoms with Crippen molar-refractivity contribution in [1.29, 1.82) is 0 Å². The first-order chi connectivity index (χ1) is 18.7. The fourth-order valence-corrected chi connectivity index (χ4v) is 5.87. The summed E-state index contributed by atoms with van der Waals surface area (Å²) >= 11 is 0. The predicted octanol–water partition coefficient (Wildman–Crippen LogP) is 3.66. The molecule has 0 saturated carbocycles. The number of aliphatic carboxylic acids is 1. The van der Waals surface area contributed by atoms with Gasteiger partial charge in [0.05, 0.1) is 4.90 Å². The quantitative estimate of drug-likeness (QED) is 0.182. The molecule has 0 bridgehead atoms. The molecular weight excluding hydrogens is 516 g/mol. The first kappa shape index (κ1) is 26.2. The summed E-state index contributed by atoms with van der Waals surface area (Å²) in [6, 6.07) is 18.7. The van der Waals surface area contributed by atoms with E-state index in [0.29, 0.717) is 0 Å². The second-order valence-corrected chi connectivity index (χ2v) is 11.2. The lowest BCUT2D eigenvalue weighted by Crippen LogP contribution is -2.53. The number of carbonyl (C=O) groups excluding carboxylic acids is 1. The lowest BCUT2D eigenvalue weighted by Gasteiger charge is -2.21. The van der Waals surface area contributed by atoms with Gasteiger partial charge in [0.1, 0.15) is 12.1 Å². The van der Waals surface area contributed by atoms with Crippen molar-refractivity contribution in [3.63, 3.8) is 0 Å². The van der Waals surface area contributed by atoms with Crippen LogP contribution in [0.2, 0.25) is 0 Å². The van der Waals surface area contributed by atoms with Crippen LogP contribution in [0.3, 0.4) is 0 Å². The van der Waals surface area contributed by atoms with Crippen molar-refractivity contribution in [3.8, 4) is 0 Å². The number of carboxylic acids is 1. The van der Waals surface area contributed by atoms with E-state index < -0.39 is 34.0 Å². The lowest BCUT2D eigenvalue weighted by atomic mass is 10.0. The molecule has 0 fully saturated rings. The summed E-state index contributed by atoms with van der Waals surface area (Å²) in [5.74, 6) is -1.95. The van der Waals surface area contributed by atoms with Crippen molar-refractivity contribution in [1.82, 2.24) is 20.0 Å². The number of aromatic amines is 2. The molecule has 2 unspecified atom stereocenters. The normalized spacial score (nSPS) is 13.4. The number of aromatic nitrogens is 2. The monoisotopic (exact) mass is 544 g/mol. The summed E-state index contributed by atoms with van der Waals surface area (Å²) in [7, 11) is -4.09. The molecule has 2 atom stereocenters. The average Bonchev–Trinajstić information content (AvgIpc) is 3.52. The number of carboxylic acid groups (broad SMARTS) is 1. The Morgan fingerprint density at radius 2 is 1.31 bits per heavy atom. The predicted molar refractivity (Wildman–Crippen MR) is 149 cm³/mol. The zero-order valence-corrected chi connectivity index (χ0v) is 22.0. The van der Waals surface area contributed by atoms with Gasteiger partial charge in [0.25, 0.3) is 0 Å². The minimum absolute atomic E-state index is 0.0124. The molecule has 39 heavy (non-hydrogen) atoms. The summed E-state index contributed by atoms with van der Waals surface area (Å²) in [4.78, 5) is 32.0. The molecule has 0 aliphatic heterocycles. The topological polar surface area (TPSA) is 144 Å². The highest BCUT2D eigenvalue weighted by atomic mass is 32.2. The van der Waals surface area contributed by atoms with Gasteiger partial charge in [-0.1, -0.05) is 54.1 Å². The van der Waals surface area contributed by atoms with E-state index >= 15 is 0 Å². The standard InChI is InChI=1S/C29H28N4O5S/c1-18-10-12-21(13-11-18)39(37,38)33-26(14-19-16-30-24-8-4-2-6-22(19)24)28(34)32-27(29(35)36)15-20-17-31-25-9-5-3-7-23(20)25/h2-13,16-17,26-27,30-31,33H,14-15H2,1H3,(H,32,34)(H,35,36). The molecule has 10 heteroatoms. The van der Waals surface area contributed by atoms with Crippen LogP contribution in [0.15, 0.2) is 90.1 Å². The summed E-state index contributed by atoms with van der Waals surface area (Å²) < 4.78 is 29.0. The number of carbonyl (C=O) groups is 2. The first-order valence-corrected chi connectivity index (χ1v) is 13.9. The summed E-state index contributed by atoms with van der Waals surface area (Å²) in [6.07, 6.45) is 3.48. The molecule has 1 amide bonds. The Labute approximate surface area is 225 Å². The smallest absolute Gasteiger partial charge is 0.326 e. The van der Waals surface area contributed by atoms with Gasteiger partial charge < -0.3 is 20.4 Å². The van der Waals surface area contributed by atoms with Crippen LogP contribution >= 0.6 is 0 Å². The molecule has 3 aromatic carbocycles. The largest absolute Gasteiger partial charge is 0.480 e. The van der Waals surface area contributed by atoms with Crippen LogP contribution < -0.4 is 10.0 Å². The molecule has 200 valence electrons. The molecule has 5 N–H and O–H groups in total. The minimum atomic E-state index is -4.09. The van der Waals surface area contributed by atoms with Crippen molar-refractivity contribution in [2.75, 3.05) is 0 Å². The highest BCUT2D eigenvalue weighted by molar-refractivity contribution is 7.89. The minimum Gasteiger partial charge on any atom is -0.480 e. The first-order valence-electron chi connectivity index (χ1n) is 12.4. The maximum atomic E-state index is 13.6. The third kappa shape index (κ3) is 5.71. The molecule has 0 aliphatic carbocycles. The Kier molecular flexibility index (Phi) is 7.23. The van der Waals surface area contributed by atoms with Gasteiger partial charge in [-0.25, -0.2) is 13.2 Å². The van der Waals surface area contributed by atoms with Crippen LogP contribution in [0, 0.1) is 6.92 Å². The van der Waals surface area contributed by atoms with Gasteiger partial charge in [-0.15, -0.1) is 0 Å². The van der Waals surface area contributed by atoms with Gasteiger partial charge in [0.2, 0.25) is 15.9 Å². The number of benzene rings is 3. The number of nitrogens with one attached hydrogen (secondary N) is 4. The van der Waals surface area contributed by atoms with Crippen LogP contribution in [-0.2, 0) is 32.5 Å². The van der Waals surface area contributed by atoms with E-state index in [4.69, 9.17) is 0 Å². The van der Waals surface area contributed by atoms with E-state index in [9.17, 15) is 23.1 Å². The highest BCUT2D eigenvalue weighted by Crippen LogP contribution is 2.22. The lowest BCUT2D eigenvalue weighted by molar-refractivity contribution is -0.142. The highest BCUT2D eigenvalue weighted by Gasteiger charge is 2.30. The zero-order chi connectivity index (χ0) is 27.6. The van der Waals surface area contributed by atoms with Crippen LogP contribution in [0.25, 0.3) is 21.8 Å². The Morgan fingerprint density at radius 1 is 0.795 bits per heavy atom. The number of rotatable bonds is 10. The van der Waals surface area contributed by atoms with E-state index in [1.54, 1.807) is 24.5 Å². The number of hydrogen-bond donors (Lipinski definition) is 5. The molecule has 0 spiro atoms. The van der Waals surface area contributed by atoms with Crippen molar-refractivity contribution < 1.29 is 23.1 Å². The van der Waals surface area contributed by atoms with Crippen LogP contribution in [0.5, 0.6) is 0 Å². The molecule has 2 aromatic heterocycles. The Hall–Kier alpha value is -4.41. The van der Waals surface area contributed by atoms with E-state index in [-0.39, 0.29) is 17.7 Å². The Balaban J connectivity index is 1.43. The van der Waals surface area contributed by atoms with Crippen molar-refractivity contribution in [2.45, 2.75) is 36.7 Å². The fraction of sp³-hybridized carbons (Fsp3) is 0.172. The SMILES string of the molecule is Cc1ccc(S(=O)(=O)NC(Cc2c[nH]c3ccccc23)C(=O)NC(Cc2c[nH]c3ccccc23)C(=O)O)cc1. The molecule has 0 saturated heterocycles. The Morgan fingerprint density at radius 3 is 1.85 bits per heavy atom. The summed E-state index contributed by atoms with van der Waals surface area (Å²) in [6.45, 7) is 1.84. The van der Waals surface area contributed by atoms with Gasteiger partial charge in [-0.3, -0.25) is 4.79 Å². The van der Waals surface area contributed by atoms with Crippen molar-refractivity contribution >= 4 is 43.7 Å². The van der Waals surface area contributed by atoms with E-state index in [1.165, 1.54) is 12.1 Å². The summed E-state index contributed by atoms with van der Waals surface area (Å²) in [5, 5.41) is 14.2. The molecule has 9 nitrogen and oxygen atoms in total. The number of fused-ring (bicyclic) bond motifs is 2. The van der Waals surface area contributed by atoms with Gasteiger partial charge in [-0.2, -0.15) is 4.72 Å². The van der Waals surface area contributed by atoms with Crippen LogP contribution in [0.4, 0.5) is 0 Å². The molecule has 2 heterocycles. The molecule has 5 aromatic rings. The average molecular weight is 545 g/mol. The van der Waals surface area contributed by atoms with E-state index in [2.05, 4.69) is 20.0 Å². The molecular formula is C29H28N4O5S. The third-order valence-electron chi connectivity index (χ3n) is 6.76. The van der Waals surface area contributed by atoms with E-state index in [0.717, 1.165) is 38.5 Å². The second-order valence-electron chi connectivity index (χ2n) is 9.51. The number of para-hydroxylation sites is 2. The van der Waals surface area contributed by atoms with E-state index in [1.807, 2.05) is 55.5 Å². The van der Waals surface area contributed by atoms with Gasteiger partial charge in [0.15, 0.2) is 0 Å². The van der Waals surface area contributed by atoms with Crippen molar-refractivity contribution in [3.05, 3.63) is 102 Å². The van der Waals surface area contributed by atoms with Crippen LogP contribution in [-0.4, -0.2) is 47.5 Å². The second kappa shape index (κ2) is 10.8. The number of sulfonamides is 1. The maximum absolute atomic E-state index is 13.6. The third-order valence-corrected chi connectivity index (χ3v) is 8.25. The van der Waals surface area contributed by atoms with Crippen LogP contribution in [0.1, 0.15) is 16.7 Å². The number of amides is 1. The van der Waals surface area contributed by atoms with Crippen molar-refractivity contribution in [2.24, 2.45) is 0 Å². The number of hydrogen-bond acceptors (Lipinski definition) is 4. The maximum Gasteiger partial charge on any atom is 0.326 e. The Bertz CT molecular complexity index is 1760. The van der Waals surface area contributed by atoms with Gasteiger partial charge in [0, 0.05) is 40.6 Å². The number of aryl methyl sites for hydroxylation is 1. The van der Waals surface area contributed by atoms with Gasteiger partial charge >= 0.3 is 5.97 Å². The zero-order valence-electron chi connectivity index (χ0n) is 21.1. The fourth-order valence-electron chi connectivity index (χ4n) is 4.67. The van der Waals surface area contributed by atoms with Gasteiger partial charge in [-0.05, 0) is 48.7 Å². The molecule has 0 radical (unpaired) electrons. The molecule has 5 rings (SSSR count). The molecule has 0 aliphatic rings. The summed E-state index contributed by atoms with van der Waals surface area (Å²) in [5.41, 5.74) is 4.04.